The van der Waals surface area contributed by atoms with Crippen molar-refractivity contribution in [1.29, 1.82) is 5.26 Å². The zero-order valence-electron chi connectivity index (χ0n) is 12.0. The van der Waals surface area contributed by atoms with Crippen LogP contribution in [0.3, 0.4) is 0 Å². The van der Waals surface area contributed by atoms with Crippen molar-refractivity contribution in [3.05, 3.63) is 29.3 Å². The van der Waals surface area contributed by atoms with Gasteiger partial charge >= 0.3 is 6.18 Å². The van der Waals surface area contributed by atoms with E-state index < -0.39 is 11.7 Å². The molecule has 0 aromatic heterocycles. The molecule has 21 heavy (non-hydrogen) atoms. The predicted molar refractivity (Wildman–Crippen MR) is 74.9 cm³/mol. The second kappa shape index (κ2) is 5.94. The molecule has 2 rings (SSSR count). The summed E-state index contributed by atoms with van der Waals surface area (Å²) in [4.78, 5) is 2.23. The fourth-order valence-corrected chi connectivity index (χ4v) is 2.57. The van der Waals surface area contributed by atoms with Gasteiger partial charge in [-0.25, -0.2) is 0 Å². The van der Waals surface area contributed by atoms with E-state index in [9.17, 15) is 13.2 Å². The molecule has 1 fully saturated rings. The van der Waals surface area contributed by atoms with Gasteiger partial charge < -0.3 is 5.32 Å². The summed E-state index contributed by atoms with van der Waals surface area (Å²) < 4.78 is 39.3. The Bertz CT molecular complexity index is 546. The van der Waals surface area contributed by atoms with Gasteiger partial charge in [0.15, 0.2) is 0 Å². The van der Waals surface area contributed by atoms with Crippen LogP contribution in [0.5, 0.6) is 0 Å². The second-order valence-corrected chi connectivity index (χ2v) is 5.59. The molecule has 3 nitrogen and oxygen atoms in total. The summed E-state index contributed by atoms with van der Waals surface area (Å²) in [5.41, 5.74) is -0.704. The zero-order valence-corrected chi connectivity index (χ0v) is 12.0. The number of halogens is 3. The molecule has 1 aliphatic rings. The topological polar surface area (TPSA) is 39.1 Å². The number of alkyl halides is 3. The van der Waals surface area contributed by atoms with Crippen LogP contribution >= 0.6 is 0 Å². The third kappa shape index (κ3) is 3.67. The van der Waals surface area contributed by atoms with Crippen molar-refractivity contribution in [2.45, 2.75) is 38.5 Å². The molecule has 1 aromatic carbocycles. The van der Waals surface area contributed by atoms with Crippen molar-refractivity contribution in [3.8, 4) is 6.07 Å². The highest BCUT2D eigenvalue weighted by Gasteiger charge is 2.35. The monoisotopic (exact) mass is 297 g/mol. The standard InChI is InChI=1S/C15H18F3N3/c1-10(2)21-6-5-12(9-21)20-14-4-3-11(8-19)7-13(14)15(16,17)18/h3-4,7,10,12,20H,5-6,9H2,1-2H3. The van der Waals surface area contributed by atoms with E-state index >= 15 is 0 Å². The van der Waals surface area contributed by atoms with Crippen molar-refractivity contribution in [1.82, 2.24) is 4.90 Å². The van der Waals surface area contributed by atoms with Crippen molar-refractivity contribution < 1.29 is 13.2 Å². The Labute approximate surface area is 122 Å². The van der Waals surface area contributed by atoms with Crippen LogP contribution in [0.1, 0.15) is 31.4 Å². The Morgan fingerprint density at radius 1 is 1.38 bits per heavy atom. The summed E-state index contributed by atoms with van der Waals surface area (Å²) >= 11 is 0. The van der Waals surface area contributed by atoms with E-state index in [1.165, 1.54) is 12.1 Å². The lowest BCUT2D eigenvalue weighted by molar-refractivity contribution is -0.137. The van der Waals surface area contributed by atoms with E-state index in [-0.39, 0.29) is 17.3 Å². The van der Waals surface area contributed by atoms with Gasteiger partial charge in [0.25, 0.3) is 0 Å². The average Bonchev–Trinajstić information content (AvgIpc) is 2.86. The first-order chi connectivity index (χ1) is 9.81. The molecule has 1 heterocycles. The van der Waals surface area contributed by atoms with Crippen LogP contribution in [0.15, 0.2) is 18.2 Å². The molecule has 1 N–H and O–H groups in total. The summed E-state index contributed by atoms with van der Waals surface area (Å²) in [5.74, 6) is 0. The molecule has 0 spiro atoms. The highest BCUT2D eigenvalue weighted by molar-refractivity contribution is 5.56. The maximum atomic E-state index is 13.1. The van der Waals surface area contributed by atoms with E-state index in [0.717, 1.165) is 25.6 Å². The highest BCUT2D eigenvalue weighted by atomic mass is 19.4. The predicted octanol–water partition coefficient (Wildman–Crippen LogP) is 3.47. The van der Waals surface area contributed by atoms with Crippen LogP contribution in [0.2, 0.25) is 0 Å². The summed E-state index contributed by atoms with van der Waals surface area (Å²) in [6.45, 7) is 5.76. The first-order valence-corrected chi connectivity index (χ1v) is 6.93. The second-order valence-electron chi connectivity index (χ2n) is 5.59. The van der Waals surface area contributed by atoms with E-state index in [0.29, 0.717) is 6.04 Å². The van der Waals surface area contributed by atoms with Gasteiger partial charge in [0.1, 0.15) is 0 Å². The normalized spacial score (nSPS) is 19.8. The summed E-state index contributed by atoms with van der Waals surface area (Å²) in [5, 5.41) is 11.7. The molecule has 0 radical (unpaired) electrons. The van der Waals surface area contributed by atoms with Crippen LogP contribution in [-0.4, -0.2) is 30.1 Å². The van der Waals surface area contributed by atoms with Crippen molar-refractivity contribution in [2.24, 2.45) is 0 Å². The minimum absolute atomic E-state index is 0.00133. The van der Waals surface area contributed by atoms with Crippen LogP contribution in [-0.2, 0) is 6.18 Å². The van der Waals surface area contributed by atoms with Gasteiger partial charge in [-0.15, -0.1) is 0 Å². The van der Waals surface area contributed by atoms with Gasteiger partial charge in [0.2, 0.25) is 0 Å². The molecule has 1 unspecified atom stereocenters. The Hall–Kier alpha value is -1.74. The fraction of sp³-hybridized carbons (Fsp3) is 0.533. The maximum absolute atomic E-state index is 13.1. The molecule has 1 saturated heterocycles. The first-order valence-electron chi connectivity index (χ1n) is 6.93. The Balaban J connectivity index is 2.19. The Kier molecular flexibility index (Phi) is 4.43. The molecule has 0 saturated carbocycles. The number of benzene rings is 1. The van der Waals surface area contributed by atoms with E-state index in [2.05, 4.69) is 24.1 Å². The first kappa shape index (κ1) is 15.6. The third-order valence-electron chi connectivity index (χ3n) is 3.76. The molecular weight excluding hydrogens is 279 g/mol. The lowest BCUT2D eigenvalue weighted by Gasteiger charge is -2.22. The SMILES string of the molecule is CC(C)N1CCC(Nc2ccc(C#N)cc2C(F)(F)F)C1. The molecule has 0 bridgehead atoms. The number of anilines is 1. The van der Waals surface area contributed by atoms with Gasteiger partial charge in [-0.1, -0.05) is 0 Å². The number of hydrogen-bond donors (Lipinski definition) is 1. The van der Waals surface area contributed by atoms with Crippen LogP contribution in [0.4, 0.5) is 18.9 Å². The fourth-order valence-electron chi connectivity index (χ4n) is 2.57. The number of nitrogens with zero attached hydrogens (tertiary/aromatic N) is 2. The molecule has 6 heteroatoms. The molecule has 1 atom stereocenters. The zero-order chi connectivity index (χ0) is 15.6. The molecule has 114 valence electrons. The van der Waals surface area contributed by atoms with E-state index in [4.69, 9.17) is 5.26 Å². The molecule has 0 amide bonds. The number of nitrogens with one attached hydrogen (secondary N) is 1. The van der Waals surface area contributed by atoms with Crippen molar-refractivity contribution >= 4 is 5.69 Å². The maximum Gasteiger partial charge on any atom is 0.418 e. The van der Waals surface area contributed by atoms with E-state index in [1.54, 1.807) is 6.07 Å². The minimum Gasteiger partial charge on any atom is -0.380 e. The molecular formula is C15H18F3N3. The average molecular weight is 297 g/mol. The Morgan fingerprint density at radius 2 is 2.10 bits per heavy atom. The van der Waals surface area contributed by atoms with Gasteiger partial charge in [0, 0.05) is 30.9 Å². The number of rotatable bonds is 3. The van der Waals surface area contributed by atoms with Crippen molar-refractivity contribution in [3.63, 3.8) is 0 Å². The van der Waals surface area contributed by atoms with Gasteiger partial charge in [-0.05, 0) is 38.5 Å². The quantitative estimate of drug-likeness (QED) is 0.928. The minimum atomic E-state index is -4.47. The number of nitriles is 1. The molecule has 0 aliphatic carbocycles. The van der Waals surface area contributed by atoms with Gasteiger partial charge in [0.05, 0.1) is 17.2 Å². The summed E-state index contributed by atoms with van der Waals surface area (Å²) in [6.07, 6.45) is -3.65. The summed E-state index contributed by atoms with van der Waals surface area (Å²) in [6, 6.07) is 5.79. The third-order valence-corrected chi connectivity index (χ3v) is 3.76. The Morgan fingerprint density at radius 3 is 2.62 bits per heavy atom. The lowest BCUT2D eigenvalue weighted by atomic mass is 10.1. The van der Waals surface area contributed by atoms with Gasteiger partial charge in [-0.2, -0.15) is 18.4 Å². The summed E-state index contributed by atoms with van der Waals surface area (Å²) in [7, 11) is 0. The molecule has 1 aromatic rings. The van der Waals surface area contributed by atoms with E-state index in [1.807, 2.05) is 0 Å². The molecule has 1 aliphatic heterocycles. The van der Waals surface area contributed by atoms with Gasteiger partial charge in [-0.3, -0.25) is 4.90 Å². The van der Waals surface area contributed by atoms with Crippen LogP contribution < -0.4 is 5.32 Å². The van der Waals surface area contributed by atoms with Crippen molar-refractivity contribution in [2.75, 3.05) is 18.4 Å². The van der Waals surface area contributed by atoms with Crippen LogP contribution in [0.25, 0.3) is 0 Å². The van der Waals surface area contributed by atoms with Crippen LogP contribution in [0, 0.1) is 11.3 Å². The smallest absolute Gasteiger partial charge is 0.380 e. The lowest BCUT2D eigenvalue weighted by Crippen LogP contribution is -2.31. The number of likely N-dealkylation sites (tertiary alicyclic amines) is 1. The highest BCUT2D eigenvalue weighted by Crippen LogP contribution is 2.36. The largest absolute Gasteiger partial charge is 0.418 e. The number of hydrogen-bond acceptors (Lipinski definition) is 3.